The van der Waals surface area contributed by atoms with E-state index in [4.69, 9.17) is 16.3 Å². The minimum Gasteiger partial charge on any atom is -0.383 e. The van der Waals surface area contributed by atoms with Crippen LogP contribution in [0.3, 0.4) is 0 Å². The zero-order valence-corrected chi connectivity index (χ0v) is 12.2. The number of rotatable bonds is 7. The number of methoxy groups -OCH3 is 1. The van der Waals surface area contributed by atoms with E-state index in [9.17, 15) is 4.39 Å². The fourth-order valence-electron chi connectivity index (χ4n) is 1.95. The van der Waals surface area contributed by atoms with E-state index < -0.39 is 0 Å². The number of benzene rings is 1. The molecule has 2 rings (SSSR count). The average Bonchev–Trinajstić information content (AvgIpc) is 2.86. The molecule has 0 saturated carbocycles. The predicted molar refractivity (Wildman–Crippen MR) is 78.5 cm³/mol. The van der Waals surface area contributed by atoms with Crippen molar-refractivity contribution in [3.05, 3.63) is 58.6 Å². The van der Waals surface area contributed by atoms with Crippen LogP contribution in [-0.4, -0.2) is 24.8 Å². The van der Waals surface area contributed by atoms with Crippen LogP contribution in [0.2, 0.25) is 5.02 Å². The molecule has 5 heteroatoms. The van der Waals surface area contributed by atoms with E-state index in [1.807, 2.05) is 10.8 Å². The number of nitrogens with one attached hydrogen (secondary N) is 1. The van der Waals surface area contributed by atoms with Crippen LogP contribution >= 0.6 is 11.6 Å². The molecular formula is C15H18ClFN2O. The van der Waals surface area contributed by atoms with Crippen LogP contribution in [0.5, 0.6) is 0 Å². The second kappa shape index (κ2) is 7.43. The van der Waals surface area contributed by atoms with Gasteiger partial charge in [0.1, 0.15) is 5.82 Å². The summed E-state index contributed by atoms with van der Waals surface area (Å²) in [7, 11) is 1.69. The quantitative estimate of drug-likeness (QED) is 0.795. The molecule has 0 unspecified atom stereocenters. The van der Waals surface area contributed by atoms with Crippen molar-refractivity contribution in [2.75, 3.05) is 20.3 Å². The van der Waals surface area contributed by atoms with Gasteiger partial charge in [-0.3, -0.25) is 0 Å². The molecule has 0 radical (unpaired) electrons. The highest BCUT2D eigenvalue weighted by atomic mass is 35.5. The summed E-state index contributed by atoms with van der Waals surface area (Å²) >= 11 is 6.03. The number of hydrogen-bond donors (Lipinski definition) is 1. The third-order valence-electron chi connectivity index (χ3n) is 2.99. The van der Waals surface area contributed by atoms with Gasteiger partial charge in [-0.25, -0.2) is 4.39 Å². The van der Waals surface area contributed by atoms with E-state index in [2.05, 4.69) is 17.6 Å². The van der Waals surface area contributed by atoms with E-state index >= 15 is 0 Å². The van der Waals surface area contributed by atoms with Gasteiger partial charge >= 0.3 is 0 Å². The van der Waals surface area contributed by atoms with E-state index in [0.717, 1.165) is 18.7 Å². The summed E-state index contributed by atoms with van der Waals surface area (Å²) < 4.78 is 20.0. The second-order valence-corrected chi connectivity index (χ2v) is 5.00. The average molecular weight is 297 g/mol. The summed E-state index contributed by atoms with van der Waals surface area (Å²) in [5.41, 5.74) is 2.10. The maximum atomic E-state index is 13.0. The molecule has 1 aromatic carbocycles. The van der Waals surface area contributed by atoms with Gasteiger partial charge in [0.2, 0.25) is 0 Å². The summed E-state index contributed by atoms with van der Waals surface area (Å²) in [5.74, 6) is -0.311. The number of nitrogens with zero attached hydrogens (tertiary/aromatic N) is 1. The highest BCUT2D eigenvalue weighted by Gasteiger charge is 2.03. The highest BCUT2D eigenvalue weighted by Crippen LogP contribution is 2.18. The third-order valence-corrected chi connectivity index (χ3v) is 3.34. The van der Waals surface area contributed by atoms with Gasteiger partial charge in [-0.2, -0.15) is 0 Å². The molecule has 3 nitrogen and oxygen atoms in total. The molecule has 108 valence electrons. The second-order valence-electron chi connectivity index (χ2n) is 4.60. The van der Waals surface area contributed by atoms with Gasteiger partial charge in [0.15, 0.2) is 0 Å². The van der Waals surface area contributed by atoms with Crippen LogP contribution in [0.15, 0.2) is 36.7 Å². The molecule has 0 atom stereocenters. The summed E-state index contributed by atoms with van der Waals surface area (Å²) in [6, 6.07) is 6.54. The maximum absolute atomic E-state index is 13.0. The van der Waals surface area contributed by atoms with Crippen LogP contribution in [0.4, 0.5) is 4.39 Å². The smallest absolute Gasteiger partial charge is 0.124 e. The molecule has 1 aromatic heterocycles. The molecule has 0 amide bonds. The minimum absolute atomic E-state index is 0.311. The van der Waals surface area contributed by atoms with Gasteiger partial charge in [-0.1, -0.05) is 17.7 Å². The lowest BCUT2D eigenvalue weighted by Crippen LogP contribution is -2.18. The van der Waals surface area contributed by atoms with E-state index in [1.54, 1.807) is 13.2 Å². The van der Waals surface area contributed by atoms with Crippen LogP contribution in [0, 0.1) is 5.82 Å². The predicted octanol–water partition coefficient (Wildman–Crippen LogP) is 3.06. The summed E-state index contributed by atoms with van der Waals surface area (Å²) in [6.07, 6.45) is 4.05. The Morgan fingerprint density at radius 3 is 2.95 bits per heavy atom. The van der Waals surface area contributed by atoms with Gasteiger partial charge in [0.25, 0.3) is 0 Å². The summed E-state index contributed by atoms with van der Waals surface area (Å²) in [5, 5.41) is 3.74. The Kier molecular flexibility index (Phi) is 5.59. The van der Waals surface area contributed by atoms with Gasteiger partial charge in [0, 0.05) is 44.2 Å². The van der Waals surface area contributed by atoms with Crippen molar-refractivity contribution in [3.8, 4) is 0 Å². The van der Waals surface area contributed by atoms with Crippen molar-refractivity contribution in [2.45, 2.75) is 13.1 Å². The van der Waals surface area contributed by atoms with Gasteiger partial charge < -0.3 is 14.6 Å². The van der Waals surface area contributed by atoms with Gasteiger partial charge in [0.05, 0.1) is 6.61 Å². The van der Waals surface area contributed by atoms with E-state index in [-0.39, 0.29) is 5.82 Å². The Labute approximate surface area is 123 Å². The Balaban J connectivity index is 1.92. The molecule has 2 aromatic rings. The molecule has 0 spiro atoms. The lowest BCUT2D eigenvalue weighted by molar-refractivity contribution is 0.199. The third kappa shape index (κ3) is 4.34. The number of ether oxygens (including phenoxy) is 1. The normalized spacial score (nSPS) is 10.9. The Hall–Kier alpha value is -1.36. The molecule has 0 aliphatic heterocycles. The van der Waals surface area contributed by atoms with Crippen molar-refractivity contribution >= 4 is 11.6 Å². The van der Waals surface area contributed by atoms with Crippen molar-refractivity contribution in [1.82, 2.24) is 9.88 Å². The first-order valence-electron chi connectivity index (χ1n) is 6.47. The lowest BCUT2D eigenvalue weighted by Gasteiger charge is -2.06. The maximum Gasteiger partial charge on any atom is 0.124 e. The molecule has 0 aliphatic carbocycles. The summed E-state index contributed by atoms with van der Waals surface area (Å²) in [4.78, 5) is 0. The Bertz CT molecular complexity index is 557. The topological polar surface area (TPSA) is 26.2 Å². The fourth-order valence-corrected chi connectivity index (χ4v) is 2.17. The molecule has 0 fully saturated rings. The monoisotopic (exact) mass is 296 g/mol. The van der Waals surface area contributed by atoms with Crippen molar-refractivity contribution in [3.63, 3.8) is 0 Å². The van der Waals surface area contributed by atoms with Gasteiger partial charge in [-0.15, -0.1) is 0 Å². The van der Waals surface area contributed by atoms with E-state index in [0.29, 0.717) is 18.2 Å². The van der Waals surface area contributed by atoms with Crippen LogP contribution in [-0.2, 0) is 17.8 Å². The first kappa shape index (κ1) is 15.0. The standard InChI is InChI=1S/C15H18ClFN2O/c1-20-7-5-18-9-12-4-6-19(10-12)11-13-2-3-14(17)8-15(13)16/h2-4,6,8,10,18H,5,7,9,11H2,1H3. The number of aromatic nitrogens is 1. The number of halogens is 2. The molecule has 1 heterocycles. The number of hydrogen-bond acceptors (Lipinski definition) is 2. The highest BCUT2D eigenvalue weighted by molar-refractivity contribution is 6.31. The molecule has 0 saturated heterocycles. The molecule has 0 aliphatic rings. The van der Waals surface area contributed by atoms with Crippen molar-refractivity contribution < 1.29 is 9.13 Å². The molecule has 20 heavy (non-hydrogen) atoms. The minimum atomic E-state index is -0.311. The first-order valence-corrected chi connectivity index (χ1v) is 6.85. The zero-order chi connectivity index (χ0) is 14.4. The van der Waals surface area contributed by atoms with Crippen molar-refractivity contribution in [2.24, 2.45) is 0 Å². The largest absolute Gasteiger partial charge is 0.383 e. The van der Waals surface area contributed by atoms with Crippen LogP contribution < -0.4 is 5.32 Å². The first-order chi connectivity index (χ1) is 9.69. The lowest BCUT2D eigenvalue weighted by atomic mass is 10.2. The van der Waals surface area contributed by atoms with Crippen molar-refractivity contribution in [1.29, 1.82) is 0 Å². The molecule has 0 bridgehead atoms. The van der Waals surface area contributed by atoms with Gasteiger partial charge in [-0.05, 0) is 29.3 Å². The Morgan fingerprint density at radius 2 is 2.20 bits per heavy atom. The van der Waals surface area contributed by atoms with Crippen LogP contribution in [0.1, 0.15) is 11.1 Å². The summed E-state index contributed by atoms with van der Waals surface area (Å²) in [6.45, 7) is 2.96. The fraction of sp³-hybridized carbons (Fsp3) is 0.333. The Morgan fingerprint density at radius 1 is 1.35 bits per heavy atom. The van der Waals surface area contributed by atoms with E-state index in [1.165, 1.54) is 17.7 Å². The molecule has 1 N–H and O–H groups in total. The SMILES string of the molecule is COCCNCc1ccn(Cc2ccc(F)cc2Cl)c1. The zero-order valence-electron chi connectivity index (χ0n) is 11.4. The van der Waals surface area contributed by atoms with Crippen LogP contribution in [0.25, 0.3) is 0 Å². The molecular weight excluding hydrogens is 279 g/mol.